The van der Waals surface area contributed by atoms with Crippen molar-refractivity contribution in [3.63, 3.8) is 0 Å². The maximum absolute atomic E-state index is 15.7. The summed E-state index contributed by atoms with van der Waals surface area (Å²) >= 11 is 6.11. The van der Waals surface area contributed by atoms with Gasteiger partial charge in [0.25, 0.3) is 0 Å². The van der Waals surface area contributed by atoms with Crippen LogP contribution in [0.1, 0.15) is 93.9 Å². The lowest BCUT2D eigenvalue weighted by atomic mass is 9.93. The van der Waals surface area contributed by atoms with Crippen molar-refractivity contribution in [3.05, 3.63) is 17.2 Å². The first kappa shape index (κ1) is 45.3. The van der Waals surface area contributed by atoms with Crippen LogP contribution >= 0.6 is 11.6 Å². The van der Waals surface area contributed by atoms with E-state index >= 15 is 4.39 Å². The predicted molar refractivity (Wildman–Crippen MR) is 207 cm³/mol. The molecule has 0 spiro atoms. The molecule has 2 bridgehead atoms. The molecule has 14 nitrogen and oxygen atoms in total. The Bertz CT molecular complexity index is 1840. The molecule has 19 heteroatoms. The Morgan fingerprint density at radius 1 is 1.00 bits per heavy atom. The quantitative estimate of drug-likeness (QED) is 0.146. The summed E-state index contributed by atoms with van der Waals surface area (Å²) in [6, 6.07) is -0.700. The minimum Gasteiger partial charge on any atom is -0.461 e. The van der Waals surface area contributed by atoms with Gasteiger partial charge in [0, 0.05) is 39.4 Å². The van der Waals surface area contributed by atoms with Gasteiger partial charge in [-0.25, -0.2) is 14.2 Å². The zero-order valence-corrected chi connectivity index (χ0v) is 35.6. The van der Waals surface area contributed by atoms with Gasteiger partial charge in [-0.15, -0.1) is 0 Å². The van der Waals surface area contributed by atoms with Crippen molar-refractivity contribution < 1.29 is 50.9 Å². The largest absolute Gasteiger partial charge is 0.471 e. The lowest BCUT2D eigenvalue weighted by Gasteiger charge is -2.50. The van der Waals surface area contributed by atoms with Crippen LogP contribution < -0.4 is 9.64 Å². The lowest BCUT2D eigenvalue weighted by molar-refractivity contribution is -0.185. The van der Waals surface area contributed by atoms with Crippen LogP contribution in [-0.4, -0.2) is 141 Å². The molecule has 0 radical (unpaired) electrons. The van der Waals surface area contributed by atoms with Crippen LogP contribution in [0.3, 0.4) is 0 Å². The van der Waals surface area contributed by atoms with Crippen molar-refractivity contribution in [2.75, 3.05) is 57.9 Å². The maximum atomic E-state index is 15.7. The monoisotopic (exact) mass is 845 g/mol. The number of alkyl halides is 3. The van der Waals surface area contributed by atoms with E-state index in [1.165, 1.54) is 11.1 Å². The molecule has 4 aliphatic rings. The Hall–Kier alpha value is -3.77. The molecule has 6 heterocycles. The van der Waals surface area contributed by atoms with Crippen molar-refractivity contribution in [3.8, 4) is 6.01 Å². The Morgan fingerprint density at radius 3 is 2.34 bits per heavy atom. The van der Waals surface area contributed by atoms with Crippen LogP contribution in [0.15, 0.2) is 6.20 Å². The average molecular weight is 846 g/mol. The molecule has 4 fully saturated rings. The van der Waals surface area contributed by atoms with Crippen molar-refractivity contribution in [2.45, 2.75) is 135 Å². The molecule has 0 aliphatic carbocycles. The van der Waals surface area contributed by atoms with E-state index in [-0.39, 0.29) is 73.9 Å². The smallest absolute Gasteiger partial charge is 0.461 e. The van der Waals surface area contributed by atoms with Gasteiger partial charge in [0.15, 0.2) is 11.0 Å². The van der Waals surface area contributed by atoms with Crippen LogP contribution in [0.2, 0.25) is 5.15 Å². The summed E-state index contributed by atoms with van der Waals surface area (Å²) in [4.78, 5) is 57.5. The average Bonchev–Trinajstić information content (AvgIpc) is 3.73. The van der Waals surface area contributed by atoms with Gasteiger partial charge in [-0.1, -0.05) is 25.4 Å². The summed E-state index contributed by atoms with van der Waals surface area (Å²) in [6.07, 6.45) is -1.58. The molecular weight excluding hydrogens is 790 g/mol. The predicted octanol–water partition coefficient (Wildman–Crippen LogP) is 6.56. The Labute approximate surface area is 341 Å². The van der Waals surface area contributed by atoms with E-state index in [1.807, 2.05) is 13.8 Å². The fourth-order valence-corrected chi connectivity index (χ4v) is 8.75. The van der Waals surface area contributed by atoms with E-state index in [2.05, 4.69) is 14.9 Å². The number of anilines is 1. The van der Waals surface area contributed by atoms with Gasteiger partial charge in [0.05, 0.1) is 41.6 Å². The molecule has 4 unspecified atom stereocenters. The topological polar surface area (TPSA) is 140 Å². The van der Waals surface area contributed by atoms with Crippen LogP contribution in [-0.2, 0) is 23.8 Å². The number of nitrogens with zero attached hydrogens (tertiary/aromatic N) is 7. The van der Waals surface area contributed by atoms with Crippen molar-refractivity contribution in [1.82, 2.24) is 29.7 Å². The summed E-state index contributed by atoms with van der Waals surface area (Å²) in [6.45, 7) is 15.9. The first-order valence-electron chi connectivity index (χ1n) is 19.8. The summed E-state index contributed by atoms with van der Waals surface area (Å²) in [5, 5.41) is -0.242. The van der Waals surface area contributed by atoms with Crippen LogP contribution in [0, 0.1) is 5.82 Å². The second-order valence-corrected chi connectivity index (χ2v) is 17.7. The molecular formula is C39H56ClF4N7O7. The van der Waals surface area contributed by atoms with Gasteiger partial charge in [0.1, 0.15) is 29.1 Å². The summed E-state index contributed by atoms with van der Waals surface area (Å²) in [5.74, 6) is -3.11. The van der Waals surface area contributed by atoms with Gasteiger partial charge >= 0.3 is 30.2 Å². The molecule has 4 saturated heterocycles. The minimum absolute atomic E-state index is 0.0753. The Morgan fingerprint density at radius 2 is 1.69 bits per heavy atom. The fraction of sp³-hybridized carbons (Fsp3) is 0.744. The number of hydrogen-bond acceptors (Lipinski definition) is 12. The number of aromatic nitrogens is 3. The van der Waals surface area contributed by atoms with Crippen LogP contribution in [0.4, 0.5) is 28.2 Å². The van der Waals surface area contributed by atoms with Gasteiger partial charge < -0.3 is 28.7 Å². The van der Waals surface area contributed by atoms with E-state index in [4.69, 9.17) is 35.5 Å². The molecule has 324 valence electrons. The number of carbonyl (C=O) groups excluding carboxylic acids is 3. The number of hydrogen-bond donors (Lipinski definition) is 0. The fourth-order valence-electron chi connectivity index (χ4n) is 8.61. The highest BCUT2D eigenvalue weighted by Gasteiger charge is 2.57. The number of pyridine rings is 1. The molecule has 6 rings (SSSR count). The molecule has 0 N–H and O–H groups in total. The van der Waals surface area contributed by atoms with Gasteiger partial charge in [-0.05, 0) is 80.2 Å². The van der Waals surface area contributed by atoms with E-state index in [1.54, 1.807) is 46.4 Å². The number of likely N-dealkylation sites (N-methyl/N-ethyl adjacent to an activating group) is 1. The molecule has 4 atom stereocenters. The van der Waals surface area contributed by atoms with Gasteiger partial charge in [0.2, 0.25) is 0 Å². The third-order valence-corrected chi connectivity index (χ3v) is 10.9. The Balaban J connectivity index is 0.00000315. The number of amides is 2. The summed E-state index contributed by atoms with van der Waals surface area (Å²) < 4.78 is 80.0. The van der Waals surface area contributed by atoms with Gasteiger partial charge in [-0.3, -0.25) is 19.4 Å². The van der Waals surface area contributed by atoms with Crippen molar-refractivity contribution in [2.24, 2.45) is 0 Å². The van der Waals surface area contributed by atoms with Crippen LogP contribution in [0.5, 0.6) is 6.01 Å². The number of ether oxygens (including phenoxy) is 4. The minimum atomic E-state index is -5.13. The lowest BCUT2D eigenvalue weighted by Crippen LogP contribution is -2.68. The molecule has 2 amide bonds. The van der Waals surface area contributed by atoms with E-state index in [9.17, 15) is 27.6 Å². The zero-order chi connectivity index (χ0) is 43.0. The molecule has 0 saturated carbocycles. The SMILES string of the molecule is CC.CN(CC12CCC(CN(c3nc(OCC45CCCN4CC(OCCC(=O)OC(C)(C)C)C5)nc4c(F)c(Cl)ncc34)C1)N2C(=O)OC(C)(C)C)C(=O)C(F)(F)F. The second kappa shape index (κ2) is 17.1. The molecule has 2 aromatic heterocycles. The highest BCUT2D eigenvalue weighted by molar-refractivity contribution is 6.30. The first-order chi connectivity index (χ1) is 27.0. The van der Waals surface area contributed by atoms with E-state index in [0.29, 0.717) is 24.3 Å². The number of halogens is 5. The van der Waals surface area contributed by atoms with Gasteiger partial charge in [-0.2, -0.15) is 23.1 Å². The molecule has 58 heavy (non-hydrogen) atoms. The third-order valence-electron chi connectivity index (χ3n) is 10.7. The summed E-state index contributed by atoms with van der Waals surface area (Å²) in [7, 11) is 1.04. The highest BCUT2D eigenvalue weighted by atomic mass is 35.5. The third kappa shape index (κ3) is 9.97. The normalized spacial score (nSPS) is 24.7. The highest BCUT2D eigenvalue weighted by Crippen LogP contribution is 2.44. The maximum Gasteiger partial charge on any atom is 0.471 e. The number of fused-ring (bicyclic) bond motifs is 4. The number of rotatable bonds is 10. The second-order valence-electron chi connectivity index (χ2n) is 17.4. The summed E-state index contributed by atoms with van der Waals surface area (Å²) in [5.41, 5.74) is -3.42. The molecule has 0 aromatic carbocycles. The molecule has 2 aromatic rings. The molecule has 4 aliphatic heterocycles. The Kier molecular flexibility index (Phi) is 13.3. The number of piperazine rings is 1. The number of carbonyl (C=O) groups is 3. The first-order valence-corrected chi connectivity index (χ1v) is 20.2. The number of esters is 1. The van der Waals surface area contributed by atoms with Crippen LogP contribution in [0.25, 0.3) is 10.9 Å². The van der Waals surface area contributed by atoms with E-state index in [0.717, 1.165) is 26.4 Å². The van der Waals surface area contributed by atoms with E-state index < -0.39 is 64.0 Å². The zero-order valence-electron chi connectivity index (χ0n) is 34.8. The standard InChI is InChI=1S/C37H50ClF4N7O7.C2H6/c1-33(2,3)55-25(50)10-14-53-23-15-35(11-8-13-48(35)18-23)21-54-31-44-27-24(16-43-28(38)26(27)39)29(45-31)47-17-22-9-12-36(20-47,19-46(7)30(51)37(40,41)42)49(22)32(52)56-34(4,5)6;1-2/h16,22-23H,8-15,17-21H2,1-7H3;1-2H3. The van der Waals surface area contributed by atoms with Crippen molar-refractivity contribution >= 4 is 46.3 Å². The van der Waals surface area contributed by atoms with Crippen molar-refractivity contribution in [1.29, 1.82) is 0 Å².